The minimum absolute atomic E-state index is 0.115. The third-order valence-electron chi connectivity index (χ3n) is 2.82. The fraction of sp³-hybridized carbons (Fsp3) is 0.500. The Bertz CT molecular complexity index is 327. The van der Waals surface area contributed by atoms with Crippen molar-refractivity contribution in [3.63, 3.8) is 0 Å². The molecule has 15 heavy (non-hydrogen) atoms. The molecule has 1 unspecified atom stereocenters. The second-order valence-corrected chi connectivity index (χ2v) is 3.81. The number of hydrogen-bond donors (Lipinski definition) is 1. The second kappa shape index (κ2) is 5.12. The van der Waals surface area contributed by atoms with E-state index < -0.39 is 0 Å². The highest BCUT2D eigenvalue weighted by atomic mass is 19.1. The Morgan fingerprint density at radius 3 is 2.60 bits per heavy atom. The molecule has 0 aliphatic rings. The summed E-state index contributed by atoms with van der Waals surface area (Å²) in [7, 11) is 1.45. The quantitative estimate of drug-likeness (QED) is 0.831. The molecule has 1 aromatic rings. The summed E-state index contributed by atoms with van der Waals surface area (Å²) >= 11 is 0. The Kier molecular flexibility index (Phi) is 4.09. The number of nitrogens with two attached hydrogens (primary N) is 1. The minimum Gasteiger partial charge on any atom is -0.494 e. The molecule has 3 heteroatoms. The van der Waals surface area contributed by atoms with Crippen LogP contribution in [0.5, 0.6) is 5.75 Å². The first-order valence-electron chi connectivity index (χ1n) is 5.19. The van der Waals surface area contributed by atoms with Gasteiger partial charge < -0.3 is 10.5 Å². The van der Waals surface area contributed by atoms with Crippen molar-refractivity contribution in [2.75, 3.05) is 7.11 Å². The SMILES string of the molecule is CCC(C)[C@@H](N)c1ccc(OC)c(F)c1. The highest BCUT2D eigenvalue weighted by molar-refractivity contribution is 5.31. The lowest BCUT2D eigenvalue weighted by Crippen LogP contribution is -2.18. The maximum atomic E-state index is 13.4. The molecule has 0 fully saturated rings. The first kappa shape index (κ1) is 12.0. The highest BCUT2D eigenvalue weighted by Crippen LogP contribution is 2.25. The van der Waals surface area contributed by atoms with Crippen LogP contribution in [-0.2, 0) is 0 Å². The summed E-state index contributed by atoms with van der Waals surface area (Å²) in [6.07, 6.45) is 0.981. The van der Waals surface area contributed by atoms with Gasteiger partial charge in [0.25, 0.3) is 0 Å². The van der Waals surface area contributed by atoms with E-state index in [1.165, 1.54) is 13.2 Å². The van der Waals surface area contributed by atoms with E-state index in [9.17, 15) is 4.39 Å². The summed E-state index contributed by atoms with van der Waals surface area (Å²) in [6, 6.07) is 4.77. The van der Waals surface area contributed by atoms with Crippen LogP contribution in [0, 0.1) is 11.7 Å². The van der Waals surface area contributed by atoms with Crippen molar-refractivity contribution in [1.82, 2.24) is 0 Å². The molecule has 0 spiro atoms. The minimum atomic E-state index is -0.353. The Morgan fingerprint density at radius 1 is 1.47 bits per heavy atom. The van der Waals surface area contributed by atoms with E-state index in [1.807, 2.05) is 6.07 Å². The lowest BCUT2D eigenvalue weighted by molar-refractivity contribution is 0.384. The topological polar surface area (TPSA) is 35.2 Å². The van der Waals surface area contributed by atoms with Gasteiger partial charge in [0.15, 0.2) is 11.6 Å². The Hall–Kier alpha value is -1.09. The maximum Gasteiger partial charge on any atom is 0.165 e. The third-order valence-corrected chi connectivity index (χ3v) is 2.82. The second-order valence-electron chi connectivity index (χ2n) is 3.81. The molecule has 1 aromatic carbocycles. The zero-order valence-corrected chi connectivity index (χ0v) is 9.46. The summed E-state index contributed by atoms with van der Waals surface area (Å²) in [5.74, 6) is 0.252. The molecule has 0 aliphatic carbocycles. The van der Waals surface area contributed by atoms with Gasteiger partial charge in [-0.05, 0) is 23.6 Å². The largest absolute Gasteiger partial charge is 0.494 e. The van der Waals surface area contributed by atoms with E-state index in [0.717, 1.165) is 12.0 Å². The standard InChI is InChI=1S/C12H18FNO/c1-4-8(2)12(14)9-5-6-11(15-3)10(13)7-9/h5-8,12H,4,14H2,1-3H3/t8?,12-/m1/s1. The van der Waals surface area contributed by atoms with Crippen LogP contribution in [0.25, 0.3) is 0 Å². The summed E-state index contributed by atoms with van der Waals surface area (Å²) in [5, 5.41) is 0. The monoisotopic (exact) mass is 211 g/mol. The van der Waals surface area contributed by atoms with Crippen LogP contribution < -0.4 is 10.5 Å². The van der Waals surface area contributed by atoms with Gasteiger partial charge in [-0.15, -0.1) is 0 Å². The summed E-state index contributed by atoms with van der Waals surface area (Å²) < 4.78 is 18.2. The molecular formula is C12H18FNO. The normalized spacial score (nSPS) is 14.7. The van der Waals surface area contributed by atoms with E-state index in [0.29, 0.717) is 5.92 Å². The summed E-state index contributed by atoms with van der Waals surface area (Å²) in [6.45, 7) is 4.14. The van der Waals surface area contributed by atoms with Gasteiger partial charge in [0.05, 0.1) is 7.11 Å². The van der Waals surface area contributed by atoms with E-state index in [4.69, 9.17) is 10.5 Å². The molecule has 0 radical (unpaired) electrons. The maximum absolute atomic E-state index is 13.4. The molecule has 0 bridgehead atoms. The smallest absolute Gasteiger partial charge is 0.165 e. The van der Waals surface area contributed by atoms with Crippen molar-refractivity contribution < 1.29 is 9.13 Å². The van der Waals surface area contributed by atoms with Gasteiger partial charge in [-0.25, -0.2) is 4.39 Å². The predicted octanol–water partition coefficient (Wildman–Crippen LogP) is 2.88. The van der Waals surface area contributed by atoms with Crippen molar-refractivity contribution in [1.29, 1.82) is 0 Å². The first-order valence-corrected chi connectivity index (χ1v) is 5.19. The van der Waals surface area contributed by atoms with Crippen molar-refractivity contribution in [3.05, 3.63) is 29.6 Å². The fourth-order valence-corrected chi connectivity index (χ4v) is 1.47. The number of hydrogen-bond acceptors (Lipinski definition) is 2. The molecule has 2 nitrogen and oxygen atoms in total. The number of ether oxygens (including phenoxy) is 1. The number of methoxy groups -OCH3 is 1. The fourth-order valence-electron chi connectivity index (χ4n) is 1.47. The molecule has 0 heterocycles. The summed E-state index contributed by atoms with van der Waals surface area (Å²) in [4.78, 5) is 0. The van der Waals surface area contributed by atoms with Gasteiger partial charge in [0, 0.05) is 6.04 Å². The van der Waals surface area contributed by atoms with E-state index in [2.05, 4.69) is 13.8 Å². The molecule has 0 amide bonds. The number of benzene rings is 1. The predicted molar refractivity (Wildman–Crippen MR) is 59.3 cm³/mol. The Balaban J connectivity index is 2.92. The van der Waals surface area contributed by atoms with E-state index >= 15 is 0 Å². The van der Waals surface area contributed by atoms with Crippen LogP contribution in [-0.4, -0.2) is 7.11 Å². The molecular weight excluding hydrogens is 193 g/mol. The van der Waals surface area contributed by atoms with Gasteiger partial charge in [-0.3, -0.25) is 0 Å². The van der Waals surface area contributed by atoms with Crippen molar-refractivity contribution in [2.45, 2.75) is 26.3 Å². The average molecular weight is 211 g/mol. The van der Waals surface area contributed by atoms with Crippen LogP contribution in [0.1, 0.15) is 31.9 Å². The van der Waals surface area contributed by atoms with Crippen molar-refractivity contribution >= 4 is 0 Å². The lowest BCUT2D eigenvalue weighted by atomic mass is 9.93. The van der Waals surface area contributed by atoms with Gasteiger partial charge in [-0.1, -0.05) is 26.3 Å². The van der Waals surface area contributed by atoms with Crippen molar-refractivity contribution in [2.24, 2.45) is 11.7 Å². The highest BCUT2D eigenvalue weighted by Gasteiger charge is 2.14. The molecule has 84 valence electrons. The third kappa shape index (κ3) is 2.69. The number of halogens is 1. The molecule has 2 N–H and O–H groups in total. The summed E-state index contributed by atoms with van der Waals surface area (Å²) in [5.41, 5.74) is 6.82. The van der Waals surface area contributed by atoms with Crippen LogP contribution in [0.3, 0.4) is 0 Å². The number of rotatable bonds is 4. The van der Waals surface area contributed by atoms with E-state index in [1.54, 1.807) is 6.07 Å². The molecule has 0 aromatic heterocycles. The first-order chi connectivity index (χ1) is 7.10. The Labute approximate surface area is 90.2 Å². The molecule has 0 saturated heterocycles. The Morgan fingerprint density at radius 2 is 2.13 bits per heavy atom. The molecule has 0 saturated carbocycles. The molecule has 2 atom stereocenters. The van der Waals surface area contributed by atoms with Gasteiger partial charge in [0.1, 0.15) is 0 Å². The zero-order valence-electron chi connectivity index (χ0n) is 9.46. The zero-order chi connectivity index (χ0) is 11.4. The average Bonchev–Trinajstić information content (AvgIpc) is 2.26. The van der Waals surface area contributed by atoms with Crippen molar-refractivity contribution in [3.8, 4) is 5.75 Å². The molecule has 0 aliphatic heterocycles. The van der Waals surface area contributed by atoms with E-state index in [-0.39, 0.29) is 17.6 Å². The van der Waals surface area contributed by atoms with Crippen LogP contribution in [0.2, 0.25) is 0 Å². The molecule has 1 rings (SSSR count). The van der Waals surface area contributed by atoms with Gasteiger partial charge in [0.2, 0.25) is 0 Å². The van der Waals surface area contributed by atoms with Crippen LogP contribution in [0.15, 0.2) is 18.2 Å². The van der Waals surface area contributed by atoms with Gasteiger partial charge in [-0.2, -0.15) is 0 Å². The lowest BCUT2D eigenvalue weighted by Gasteiger charge is -2.19. The van der Waals surface area contributed by atoms with Gasteiger partial charge >= 0.3 is 0 Å². The van der Waals surface area contributed by atoms with Crippen LogP contribution >= 0.6 is 0 Å². The van der Waals surface area contributed by atoms with Crippen LogP contribution in [0.4, 0.5) is 4.39 Å².